The second kappa shape index (κ2) is 7.68. The first-order valence-corrected chi connectivity index (χ1v) is 7.59. The summed E-state index contributed by atoms with van der Waals surface area (Å²) in [6.45, 7) is 1.95. The second-order valence-corrected chi connectivity index (χ2v) is 5.24. The topological polar surface area (TPSA) is 77.2 Å². The second-order valence-electron chi connectivity index (χ2n) is 4.19. The number of hydrogen-bond donors (Lipinski definition) is 1. The van der Waals surface area contributed by atoms with E-state index in [1.807, 2.05) is 6.92 Å². The van der Waals surface area contributed by atoms with Crippen molar-refractivity contribution in [2.45, 2.75) is 25.0 Å². The number of carbonyl (C=O) groups is 1. The summed E-state index contributed by atoms with van der Waals surface area (Å²) in [5.74, 6) is 1.91. The molecule has 2 aromatic rings. The number of hydrogen-bond acceptors (Lipinski definition) is 6. The van der Waals surface area contributed by atoms with Gasteiger partial charge in [-0.25, -0.2) is 0 Å². The van der Waals surface area contributed by atoms with Crippen LogP contribution in [0.25, 0.3) is 0 Å². The fourth-order valence-electron chi connectivity index (χ4n) is 1.57. The molecule has 0 radical (unpaired) electrons. The van der Waals surface area contributed by atoms with Crippen LogP contribution in [0.5, 0.6) is 5.75 Å². The zero-order valence-corrected chi connectivity index (χ0v) is 12.8. The Morgan fingerprint density at radius 1 is 1.33 bits per heavy atom. The maximum absolute atomic E-state index is 11.8. The Bertz CT molecular complexity index is 583. The smallest absolute Gasteiger partial charge is 0.276 e. The van der Waals surface area contributed by atoms with Crippen molar-refractivity contribution in [2.75, 3.05) is 18.2 Å². The predicted molar refractivity (Wildman–Crippen MR) is 80.6 cm³/mol. The fourth-order valence-corrected chi connectivity index (χ4v) is 2.28. The van der Waals surface area contributed by atoms with Gasteiger partial charge in [-0.2, -0.15) is 0 Å². The minimum atomic E-state index is -0.0529. The van der Waals surface area contributed by atoms with Gasteiger partial charge < -0.3 is 14.5 Å². The minimum absolute atomic E-state index is 0.0529. The van der Waals surface area contributed by atoms with Gasteiger partial charge in [-0.05, 0) is 24.3 Å². The van der Waals surface area contributed by atoms with E-state index in [9.17, 15) is 4.79 Å². The summed E-state index contributed by atoms with van der Waals surface area (Å²) < 4.78 is 10.4. The van der Waals surface area contributed by atoms with Crippen molar-refractivity contribution in [3.8, 4) is 5.75 Å². The van der Waals surface area contributed by atoms with Crippen LogP contribution in [0.3, 0.4) is 0 Å². The van der Waals surface area contributed by atoms with Gasteiger partial charge in [-0.3, -0.25) is 4.79 Å². The maximum Gasteiger partial charge on any atom is 0.276 e. The average molecular weight is 307 g/mol. The van der Waals surface area contributed by atoms with Crippen molar-refractivity contribution in [1.29, 1.82) is 0 Å². The summed E-state index contributed by atoms with van der Waals surface area (Å²) in [6, 6.07) is 7.20. The van der Waals surface area contributed by atoms with Crippen LogP contribution in [0.15, 0.2) is 33.9 Å². The number of nitrogens with one attached hydrogen (secondary N) is 1. The van der Waals surface area contributed by atoms with Crippen LogP contribution in [0, 0.1) is 0 Å². The largest absolute Gasteiger partial charge is 0.497 e. The Hall–Kier alpha value is -2.02. The number of benzene rings is 1. The third-order valence-electron chi connectivity index (χ3n) is 2.68. The maximum atomic E-state index is 11.8. The third-order valence-corrected chi connectivity index (χ3v) is 3.50. The van der Waals surface area contributed by atoms with Gasteiger partial charge in [0.1, 0.15) is 5.75 Å². The highest BCUT2D eigenvalue weighted by molar-refractivity contribution is 7.99. The lowest BCUT2D eigenvalue weighted by atomic mass is 10.3. The number of thioether (sulfide) groups is 1. The lowest BCUT2D eigenvalue weighted by Crippen LogP contribution is -2.12. The van der Waals surface area contributed by atoms with Crippen molar-refractivity contribution in [1.82, 2.24) is 10.2 Å². The molecule has 0 saturated carbocycles. The van der Waals surface area contributed by atoms with Gasteiger partial charge in [0.15, 0.2) is 0 Å². The van der Waals surface area contributed by atoms with E-state index in [-0.39, 0.29) is 5.91 Å². The lowest BCUT2D eigenvalue weighted by Gasteiger charge is -2.05. The monoisotopic (exact) mass is 307 g/mol. The molecule has 0 saturated heterocycles. The van der Waals surface area contributed by atoms with Gasteiger partial charge in [0.05, 0.1) is 7.11 Å². The molecule has 112 valence electrons. The first-order valence-electron chi connectivity index (χ1n) is 6.60. The van der Waals surface area contributed by atoms with Crippen LogP contribution < -0.4 is 10.1 Å². The molecule has 0 fully saturated rings. The molecule has 0 unspecified atom stereocenters. The fraction of sp³-hybridized carbons (Fsp3) is 0.357. The Morgan fingerprint density at radius 2 is 2.10 bits per heavy atom. The van der Waals surface area contributed by atoms with E-state index >= 15 is 0 Å². The molecular weight excluding hydrogens is 290 g/mol. The van der Waals surface area contributed by atoms with Gasteiger partial charge in [0.25, 0.3) is 5.22 Å². The summed E-state index contributed by atoms with van der Waals surface area (Å²) in [6.07, 6.45) is 1.09. The summed E-state index contributed by atoms with van der Waals surface area (Å²) >= 11 is 1.38. The SMILES string of the molecule is CCc1nnc(SCCC(=O)Nc2ccc(OC)cc2)o1. The number of aryl methyl sites for hydroxylation is 1. The number of carbonyl (C=O) groups excluding carboxylic acids is 1. The van der Waals surface area contributed by atoms with Crippen LogP contribution in [0.2, 0.25) is 0 Å². The Labute approximate surface area is 127 Å². The summed E-state index contributed by atoms with van der Waals surface area (Å²) in [7, 11) is 1.60. The average Bonchev–Trinajstić information content (AvgIpc) is 2.96. The molecular formula is C14H17N3O3S. The van der Waals surface area contributed by atoms with Gasteiger partial charge >= 0.3 is 0 Å². The number of methoxy groups -OCH3 is 1. The van der Waals surface area contributed by atoms with Gasteiger partial charge in [0, 0.05) is 24.3 Å². The minimum Gasteiger partial charge on any atom is -0.497 e. The molecule has 1 amide bonds. The first-order chi connectivity index (χ1) is 10.2. The van der Waals surface area contributed by atoms with E-state index in [2.05, 4.69) is 15.5 Å². The predicted octanol–water partition coefficient (Wildman–Crippen LogP) is 2.76. The van der Waals surface area contributed by atoms with E-state index in [0.717, 1.165) is 11.4 Å². The standard InChI is InChI=1S/C14H17N3O3S/c1-3-13-16-17-14(20-13)21-9-8-12(18)15-10-4-6-11(19-2)7-5-10/h4-7H,3,8-9H2,1-2H3,(H,15,18). The number of nitrogens with zero attached hydrogens (tertiary/aromatic N) is 2. The molecule has 1 aromatic heterocycles. The van der Waals surface area contributed by atoms with Crippen LogP contribution in [-0.4, -0.2) is 29.0 Å². The molecule has 1 N–H and O–H groups in total. The molecule has 0 aliphatic carbocycles. The quantitative estimate of drug-likeness (QED) is 0.793. The highest BCUT2D eigenvalue weighted by Gasteiger charge is 2.07. The van der Waals surface area contributed by atoms with Crippen LogP contribution >= 0.6 is 11.8 Å². The van der Waals surface area contributed by atoms with Gasteiger partial charge in [0.2, 0.25) is 11.8 Å². The van der Waals surface area contributed by atoms with Crippen molar-refractivity contribution in [2.24, 2.45) is 0 Å². The van der Waals surface area contributed by atoms with Crippen molar-refractivity contribution >= 4 is 23.4 Å². The number of anilines is 1. The molecule has 6 nitrogen and oxygen atoms in total. The molecule has 0 atom stereocenters. The molecule has 0 bridgehead atoms. The molecule has 1 heterocycles. The van der Waals surface area contributed by atoms with Crippen LogP contribution in [-0.2, 0) is 11.2 Å². The van der Waals surface area contributed by atoms with E-state index in [0.29, 0.717) is 29.7 Å². The Kier molecular flexibility index (Phi) is 5.62. The number of aromatic nitrogens is 2. The normalized spacial score (nSPS) is 10.4. The van der Waals surface area contributed by atoms with Gasteiger partial charge in [-0.15, -0.1) is 10.2 Å². The highest BCUT2D eigenvalue weighted by Crippen LogP contribution is 2.18. The molecule has 0 spiro atoms. The third kappa shape index (κ3) is 4.78. The number of amides is 1. The molecule has 0 aliphatic rings. The summed E-state index contributed by atoms with van der Waals surface area (Å²) in [5, 5.41) is 11.1. The van der Waals surface area contributed by atoms with Crippen LogP contribution in [0.4, 0.5) is 5.69 Å². The molecule has 2 rings (SSSR count). The van der Waals surface area contributed by atoms with Crippen molar-refractivity contribution in [3.63, 3.8) is 0 Å². The zero-order chi connectivity index (χ0) is 15.1. The van der Waals surface area contributed by atoms with E-state index in [4.69, 9.17) is 9.15 Å². The van der Waals surface area contributed by atoms with E-state index in [1.54, 1.807) is 31.4 Å². The number of rotatable bonds is 7. The summed E-state index contributed by atoms with van der Waals surface area (Å²) in [4.78, 5) is 11.8. The highest BCUT2D eigenvalue weighted by atomic mass is 32.2. The first kappa shape index (κ1) is 15.4. The molecule has 7 heteroatoms. The molecule has 1 aromatic carbocycles. The van der Waals surface area contributed by atoms with E-state index in [1.165, 1.54) is 11.8 Å². The van der Waals surface area contributed by atoms with Crippen molar-refractivity contribution in [3.05, 3.63) is 30.2 Å². The lowest BCUT2D eigenvalue weighted by molar-refractivity contribution is -0.115. The van der Waals surface area contributed by atoms with Crippen LogP contribution in [0.1, 0.15) is 19.2 Å². The van der Waals surface area contributed by atoms with Gasteiger partial charge in [-0.1, -0.05) is 18.7 Å². The Morgan fingerprint density at radius 3 is 2.71 bits per heavy atom. The van der Waals surface area contributed by atoms with E-state index < -0.39 is 0 Å². The Balaban J connectivity index is 1.73. The molecule has 21 heavy (non-hydrogen) atoms. The zero-order valence-electron chi connectivity index (χ0n) is 12.0. The summed E-state index contributed by atoms with van der Waals surface area (Å²) in [5.41, 5.74) is 0.747. The van der Waals surface area contributed by atoms with Crippen molar-refractivity contribution < 1.29 is 13.9 Å². The molecule has 0 aliphatic heterocycles. The number of ether oxygens (including phenoxy) is 1.